The van der Waals surface area contributed by atoms with Crippen LogP contribution in [0.2, 0.25) is 10.0 Å². The molecule has 2 rings (SSSR count). The summed E-state index contributed by atoms with van der Waals surface area (Å²) in [5, 5.41) is 7.42. The third kappa shape index (κ3) is 4.31. The van der Waals surface area contributed by atoms with Gasteiger partial charge in [-0.3, -0.25) is 4.79 Å². The van der Waals surface area contributed by atoms with E-state index in [1.165, 1.54) is 19.2 Å². The Morgan fingerprint density at radius 1 is 1.25 bits per heavy atom. The van der Waals surface area contributed by atoms with Gasteiger partial charge in [0.05, 0.1) is 5.69 Å². The van der Waals surface area contributed by atoms with Crippen LogP contribution in [0, 0.1) is 6.92 Å². The minimum Gasteiger partial charge on any atom is -0.268 e. The van der Waals surface area contributed by atoms with Crippen molar-refractivity contribution in [2.24, 2.45) is 4.99 Å². The first-order valence-corrected chi connectivity index (χ1v) is 6.23. The maximum atomic E-state index is 10.9. The molecule has 104 valence electrons. The van der Waals surface area contributed by atoms with Gasteiger partial charge < -0.3 is 0 Å². The molecule has 0 aliphatic heterocycles. The normalized spacial score (nSPS) is 9.20. The number of hydrogen-bond acceptors (Lipinski definition) is 4. The molecule has 0 atom stereocenters. The second-order valence-corrected chi connectivity index (χ2v) is 4.50. The van der Waals surface area contributed by atoms with Gasteiger partial charge in [-0.2, -0.15) is 5.10 Å². The van der Waals surface area contributed by atoms with Gasteiger partial charge in [0, 0.05) is 28.7 Å². The summed E-state index contributed by atoms with van der Waals surface area (Å²) in [7, 11) is 1.38. The molecule has 0 aliphatic carbocycles. The first kappa shape index (κ1) is 16.1. The number of aromatic amines is 1. The van der Waals surface area contributed by atoms with Gasteiger partial charge in [0.1, 0.15) is 0 Å². The van der Waals surface area contributed by atoms with Crippen molar-refractivity contribution >= 4 is 29.3 Å². The lowest BCUT2D eigenvalue weighted by atomic mass is 10.1. The quantitative estimate of drug-likeness (QED) is 0.649. The molecular formula is C13H11Cl2N3O2. The van der Waals surface area contributed by atoms with E-state index < -0.39 is 0 Å². The topological polar surface area (TPSA) is 75.2 Å². The van der Waals surface area contributed by atoms with Crippen LogP contribution >= 0.6 is 23.2 Å². The van der Waals surface area contributed by atoms with Crippen molar-refractivity contribution in [1.29, 1.82) is 0 Å². The lowest BCUT2D eigenvalue weighted by molar-refractivity contribution is 0.564. The van der Waals surface area contributed by atoms with Crippen molar-refractivity contribution in [3.63, 3.8) is 0 Å². The number of hydrogen-bond donors (Lipinski definition) is 1. The molecule has 1 N–H and O–H groups in total. The van der Waals surface area contributed by atoms with Gasteiger partial charge in [-0.25, -0.2) is 14.9 Å². The summed E-state index contributed by atoms with van der Waals surface area (Å²) in [6, 6.07) is 6.56. The van der Waals surface area contributed by atoms with Crippen molar-refractivity contribution in [2.45, 2.75) is 6.92 Å². The largest absolute Gasteiger partial charge is 0.268 e. The van der Waals surface area contributed by atoms with Crippen LogP contribution in [0.3, 0.4) is 0 Å². The Morgan fingerprint density at radius 3 is 2.20 bits per heavy atom. The molecule has 1 aromatic heterocycles. The smallest absolute Gasteiger partial charge is 0.264 e. The van der Waals surface area contributed by atoms with Gasteiger partial charge in [-0.05, 0) is 30.7 Å². The zero-order valence-electron chi connectivity index (χ0n) is 10.8. The Bertz CT molecular complexity index is 664. The highest BCUT2D eigenvalue weighted by Crippen LogP contribution is 2.29. The fourth-order valence-corrected chi connectivity index (χ4v) is 1.79. The van der Waals surface area contributed by atoms with Gasteiger partial charge in [0.2, 0.25) is 6.08 Å². The van der Waals surface area contributed by atoms with Crippen LogP contribution in [0.15, 0.2) is 34.1 Å². The lowest BCUT2D eigenvalue weighted by Crippen LogP contribution is -2.05. The SMILES string of the molecule is CN=C=O.Cc1c(Cl)cc(-c2ccc(=O)[nH]n2)cc1Cl. The van der Waals surface area contributed by atoms with Gasteiger partial charge >= 0.3 is 0 Å². The summed E-state index contributed by atoms with van der Waals surface area (Å²) in [6.45, 7) is 1.84. The molecule has 5 nitrogen and oxygen atoms in total. The van der Waals surface area contributed by atoms with E-state index >= 15 is 0 Å². The molecule has 0 amide bonds. The maximum Gasteiger partial charge on any atom is 0.264 e. The van der Waals surface area contributed by atoms with E-state index in [9.17, 15) is 4.79 Å². The summed E-state index contributed by atoms with van der Waals surface area (Å²) in [5.74, 6) is 0. The van der Waals surface area contributed by atoms with Crippen LogP contribution < -0.4 is 5.56 Å². The zero-order chi connectivity index (χ0) is 15.1. The zero-order valence-corrected chi connectivity index (χ0v) is 12.3. The minimum atomic E-state index is -0.243. The average Bonchev–Trinajstić information content (AvgIpc) is 2.45. The van der Waals surface area contributed by atoms with Crippen LogP contribution in [0.1, 0.15) is 5.56 Å². The van der Waals surface area contributed by atoms with Crippen molar-refractivity contribution in [3.8, 4) is 11.3 Å². The number of benzene rings is 1. The fourth-order valence-electron chi connectivity index (χ4n) is 1.30. The average molecular weight is 312 g/mol. The van der Waals surface area contributed by atoms with E-state index in [0.29, 0.717) is 15.7 Å². The Balaban J connectivity index is 0.000000444. The lowest BCUT2D eigenvalue weighted by Gasteiger charge is -2.05. The highest BCUT2D eigenvalue weighted by Gasteiger charge is 2.06. The molecule has 0 saturated heterocycles. The first-order valence-electron chi connectivity index (χ1n) is 5.47. The van der Waals surface area contributed by atoms with Crippen LogP contribution in [0.5, 0.6) is 0 Å². The molecule has 0 radical (unpaired) electrons. The predicted octanol–water partition coefficient (Wildman–Crippen LogP) is 3.00. The molecule has 0 bridgehead atoms. The van der Waals surface area contributed by atoms with Crippen LogP contribution in [0.4, 0.5) is 0 Å². The van der Waals surface area contributed by atoms with E-state index in [0.717, 1.165) is 11.1 Å². The van der Waals surface area contributed by atoms with E-state index in [1.807, 2.05) is 6.92 Å². The van der Waals surface area contributed by atoms with Crippen molar-refractivity contribution < 1.29 is 4.79 Å². The molecule has 2 aromatic rings. The Labute approximate surface area is 125 Å². The second-order valence-electron chi connectivity index (χ2n) is 3.69. The summed E-state index contributed by atoms with van der Waals surface area (Å²) < 4.78 is 0. The Morgan fingerprint density at radius 2 is 1.80 bits per heavy atom. The number of aromatic nitrogens is 2. The number of halogens is 2. The third-order valence-electron chi connectivity index (χ3n) is 2.35. The van der Waals surface area contributed by atoms with Crippen LogP contribution in [-0.2, 0) is 4.79 Å². The molecule has 0 fully saturated rings. The standard InChI is InChI=1S/C11H8Cl2N2O.C2H3NO/c1-6-8(12)4-7(5-9(6)13)10-2-3-11(16)15-14-10;1-3-2-4/h2-5H,1H3,(H,15,16);1H3. The summed E-state index contributed by atoms with van der Waals surface area (Å²) >= 11 is 12.0. The van der Waals surface area contributed by atoms with Gasteiger partial charge in [-0.1, -0.05) is 23.2 Å². The highest BCUT2D eigenvalue weighted by molar-refractivity contribution is 6.36. The second kappa shape index (κ2) is 7.60. The summed E-state index contributed by atoms with van der Waals surface area (Å²) in [4.78, 5) is 22.7. The number of H-pyrrole nitrogens is 1. The predicted molar refractivity (Wildman–Crippen MR) is 79.1 cm³/mol. The Hall–Kier alpha value is -1.94. The Kier molecular flexibility index (Phi) is 6.12. The van der Waals surface area contributed by atoms with Crippen LogP contribution in [0.25, 0.3) is 11.3 Å². The number of rotatable bonds is 1. The number of nitrogens with one attached hydrogen (secondary N) is 1. The van der Waals surface area contributed by atoms with E-state index in [1.54, 1.807) is 18.2 Å². The summed E-state index contributed by atoms with van der Waals surface area (Å²) in [6.07, 6.45) is 1.31. The van der Waals surface area contributed by atoms with Crippen molar-refractivity contribution in [1.82, 2.24) is 10.2 Å². The van der Waals surface area contributed by atoms with E-state index in [2.05, 4.69) is 15.2 Å². The minimum absolute atomic E-state index is 0.243. The summed E-state index contributed by atoms with van der Waals surface area (Å²) in [5.41, 5.74) is 1.99. The molecular weight excluding hydrogens is 301 g/mol. The molecule has 20 heavy (non-hydrogen) atoms. The number of aliphatic imine (C=N–C) groups is 1. The fraction of sp³-hybridized carbons (Fsp3) is 0.154. The number of isocyanates is 1. The van der Waals surface area contributed by atoms with Crippen molar-refractivity contribution in [2.75, 3.05) is 7.05 Å². The molecule has 0 aliphatic rings. The van der Waals surface area contributed by atoms with E-state index in [-0.39, 0.29) is 5.56 Å². The first-order chi connectivity index (χ1) is 9.49. The number of nitrogens with zero attached hydrogens (tertiary/aromatic N) is 2. The maximum absolute atomic E-state index is 10.9. The number of carbonyl (C=O) groups excluding carboxylic acids is 1. The van der Waals surface area contributed by atoms with E-state index in [4.69, 9.17) is 28.0 Å². The highest BCUT2D eigenvalue weighted by atomic mass is 35.5. The van der Waals surface area contributed by atoms with Gasteiger partial charge in [-0.15, -0.1) is 0 Å². The van der Waals surface area contributed by atoms with Crippen molar-refractivity contribution in [3.05, 3.63) is 50.2 Å². The van der Waals surface area contributed by atoms with Gasteiger partial charge in [0.15, 0.2) is 0 Å². The molecule has 1 heterocycles. The molecule has 0 unspecified atom stereocenters. The van der Waals surface area contributed by atoms with Crippen LogP contribution in [-0.4, -0.2) is 23.3 Å². The van der Waals surface area contributed by atoms with Gasteiger partial charge in [0.25, 0.3) is 5.56 Å². The molecule has 7 heteroatoms. The molecule has 0 saturated carbocycles. The molecule has 0 spiro atoms. The monoisotopic (exact) mass is 311 g/mol. The molecule has 1 aromatic carbocycles. The third-order valence-corrected chi connectivity index (χ3v) is 3.13.